The summed E-state index contributed by atoms with van der Waals surface area (Å²) in [6.45, 7) is 3.82. The Balaban J connectivity index is 2.49. The van der Waals surface area contributed by atoms with Gasteiger partial charge >= 0.3 is 11.9 Å². The monoisotopic (exact) mass is 858 g/mol. The third kappa shape index (κ3) is 30.7. The first-order valence-electron chi connectivity index (χ1n) is 23.1. The van der Waals surface area contributed by atoms with Crippen molar-refractivity contribution in [3.05, 3.63) is 24.3 Å². The Kier molecular flexibility index (Phi) is 31.4. The second-order valence-corrected chi connectivity index (χ2v) is 19.0. The van der Waals surface area contributed by atoms with Crippen molar-refractivity contribution >= 4 is 25.5 Å². The van der Waals surface area contributed by atoms with Gasteiger partial charge in [-0.05, 0) is 32.1 Å². The van der Waals surface area contributed by atoms with Crippen LogP contribution in [0.15, 0.2) is 24.3 Å². The van der Waals surface area contributed by atoms with Crippen LogP contribution in [0, 0.1) is 11.8 Å². The molecule has 1 unspecified atom stereocenters. The summed E-state index contributed by atoms with van der Waals surface area (Å²) < 4.78 is 33.8. The van der Waals surface area contributed by atoms with Crippen molar-refractivity contribution < 1.29 is 57.1 Å². The van der Waals surface area contributed by atoms with Crippen molar-refractivity contribution in [2.75, 3.05) is 47.5 Å². The number of phosphoric acid groups is 1. The standard InChI is InChI=1S/C46H84NO11P/c1-6-8-10-11-12-13-14-15-16-17-18-19-20-21-26-30-45(51)55-37-40(38-57-59(53,54)56-35-34-47(3,4)5)58-46(52)31-27-23-22-25-29-41-42(44(50)36-43(41)49)33-32-39(48)28-24-9-7-2/h22,25,32-33,39-43,48-49H,6-21,23-24,26-31,34-38H2,1-5H3/b25-22-,33-32+/t39-,40+,41+,42+,43-/m0/s1. The van der Waals surface area contributed by atoms with Crippen LogP contribution >= 0.6 is 7.82 Å². The van der Waals surface area contributed by atoms with Crippen molar-refractivity contribution in [2.24, 2.45) is 11.8 Å². The van der Waals surface area contributed by atoms with Crippen LogP contribution in [0.5, 0.6) is 0 Å². The van der Waals surface area contributed by atoms with E-state index >= 15 is 0 Å². The third-order valence-corrected chi connectivity index (χ3v) is 11.8. The van der Waals surface area contributed by atoms with Crippen LogP contribution in [0.1, 0.15) is 174 Å². The predicted octanol–water partition coefficient (Wildman–Crippen LogP) is 9.09. The number of aliphatic hydroxyl groups excluding tert-OH is 2. The number of hydrogen-bond acceptors (Lipinski definition) is 11. The fraction of sp³-hybridized carbons (Fsp3) is 0.848. The van der Waals surface area contributed by atoms with E-state index in [-0.39, 0.29) is 44.2 Å². The molecule has 0 aromatic carbocycles. The zero-order chi connectivity index (χ0) is 43.8. The molecule has 1 saturated carbocycles. The molecule has 0 bridgehead atoms. The molecule has 0 spiro atoms. The molecular weight excluding hydrogens is 773 g/mol. The van der Waals surface area contributed by atoms with Gasteiger partial charge in [-0.2, -0.15) is 0 Å². The van der Waals surface area contributed by atoms with E-state index in [0.717, 1.165) is 38.5 Å². The minimum absolute atomic E-state index is 0.0334. The number of phosphoric ester groups is 1. The normalized spacial score (nSPS) is 19.4. The quantitative estimate of drug-likeness (QED) is 0.0200. The van der Waals surface area contributed by atoms with Gasteiger partial charge in [0.15, 0.2) is 6.10 Å². The third-order valence-electron chi connectivity index (χ3n) is 10.9. The fourth-order valence-electron chi connectivity index (χ4n) is 7.11. The highest BCUT2D eigenvalue weighted by Gasteiger charge is 2.39. The number of Topliss-reactive ketones (excluding diaryl/α,β-unsaturated/α-hetero) is 1. The number of carbonyl (C=O) groups is 3. The van der Waals surface area contributed by atoms with Crippen LogP contribution in [0.25, 0.3) is 0 Å². The zero-order valence-electron chi connectivity index (χ0n) is 37.7. The van der Waals surface area contributed by atoms with Gasteiger partial charge in [0.2, 0.25) is 0 Å². The maximum atomic E-state index is 12.8. The number of unbranched alkanes of at least 4 members (excludes halogenated alkanes) is 17. The first-order valence-corrected chi connectivity index (χ1v) is 24.6. The Bertz CT molecular complexity index is 1220. The van der Waals surface area contributed by atoms with Gasteiger partial charge in [-0.15, -0.1) is 0 Å². The molecule has 0 heterocycles. The lowest BCUT2D eigenvalue weighted by atomic mass is 9.90. The second-order valence-electron chi connectivity index (χ2n) is 17.6. The maximum absolute atomic E-state index is 12.8. The number of quaternary nitrogens is 1. The van der Waals surface area contributed by atoms with Crippen molar-refractivity contribution in [3.63, 3.8) is 0 Å². The molecule has 344 valence electrons. The molecule has 0 amide bonds. The Labute approximate surface area is 358 Å². The molecule has 0 aliphatic heterocycles. The highest BCUT2D eigenvalue weighted by Crippen LogP contribution is 2.38. The number of ether oxygens (including phenoxy) is 2. The summed E-state index contributed by atoms with van der Waals surface area (Å²) in [5.74, 6) is -1.79. The van der Waals surface area contributed by atoms with Gasteiger partial charge in [-0.25, -0.2) is 0 Å². The average molecular weight is 858 g/mol. The number of hydrogen-bond donors (Lipinski definition) is 2. The van der Waals surface area contributed by atoms with Gasteiger partial charge in [0.1, 0.15) is 25.5 Å². The van der Waals surface area contributed by atoms with E-state index in [1.807, 2.05) is 33.3 Å². The Morgan fingerprint density at radius 2 is 1.36 bits per heavy atom. The van der Waals surface area contributed by atoms with Gasteiger partial charge in [0, 0.05) is 31.1 Å². The van der Waals surface area contributed by atoms with Crippen LogP contribution < -0.4 is 4.89 Å². The number of aliphatic hydroxyl groups is 2. The Morgan fingerprint density at radius 3 is 1.95 bits per heavy atom. The van der Waals surface area contributed by atoms with E-state index in [1.54, 1.807) is 12.2 Å². The summed E-state index contributed by atoms with van der Waals surface area (Å²) >= 11 is 0. The van der Waals surface area contributed by atoms with E-state index in [2.05, 4.69) is 13.8 Å². The van der Waals surface area contributed by atoms with Crippen LogP contribution in [0.3, 0.4) is 0 Å². The van der Waals surface area contributed by atoms with Crippen LogP contribution in [0.4, 0.5) is 0 Å². The molecule has 0 aromatic heterocycles. The van der Waals surface area contributed by atoms with Crippen LogP contribution in [0.2, 0.25) is 0 Å². The van der Waals surface area contributed by atoms with Gasteiger partial charge in [-0.1, -0.05) is 147 Å². The minimum atomic E-state index is -4.70. The lowest BCUT2D eigenvalue weighted by Crippen LogP contribution is -2.37. The molecule has 1 fully saturated rings. The second kappa shape index (κ2) is 33.7. The van der Waals surface area contributed by atoms with Crippen LogP contribution in [-0.2, 0) is 37.5 Å². The van der Waals surface area contributed by atoms with Crippen molar-refractivity contribution in [2.45, 2.75) is 193 Å². The lowest BCUT2D eigenvalue weighted by Gasteiger charge is -2.28. The molecule has 13 heteroatoms. The molecule has 1 aliphatic rings. The SMILES string of the molecule is CCCCCCCCCCCCCCCCCC(=O)OC[C@H](COP(=O)([O-])OCC[N+](C)(C)C)OC(=O)CCC/C=C\C[C@H]1[C@@H](O)CC(=O)[C@@H]1/C=C/[C@@H](O)CCCCC. The van der Waals surface area contributed by atoms with Crippen LogP contribution in [-0.4, -0.2) is 98.2 Å². The molecule has 12 nitrogen and oxygen atoms in total. The highest BCUT2D eigenvalue weighted by atomic mass is 31.2. The molecule has 2 N–H and O–H groups in total. The number of nitrogens with zero attached hydrogens (tertiary/aromatic N) is 1. The van der Waals surface area contributed by atoms with E-state index in [0.29, 0.717) is 43.1 Å². The zero-order valence-corrected chi connectivity index (χ0v) is 38.6. The summed E-state index contributed by atoms with van der Waals surface area (Å²) in [6, 6.07) is 0. The number of carbonyl (C=O) groups excluding carboxylic acids is 3. The van der Waals surface area contributed by atoms with Gasteiger partial charge in [0.25, 0.3) is 7.82 Å². The number of ketones is 1. The molecule has 59 heavy (non-hydrogen) atoms. The minimum Gasteiger partial charge on any atom is -0.756 e. The van der Waals surface area contributed by atoms with E-state index in [9.17, 15) is 34.1 Å². The van der Waals surface area contributed by atoms with Gasteiger partial charge in [0.05, 0.1) is 40.0 Å². The lowest BCUT2D eigenvalue weighted by molar-refractivity contribution is -0.870. The Morgan fingerprint density at radius 1 is 0.797 bits per heavy atom. The molecule has 1 rings (SSSR count). The van der Waals surface area contributed by atoms with Gasteiger partial charge < -0.3 is 38.1 Å². The molecule has 0 saturated heterocycles. The fourth-order valence-corrected chi connectivity index (χ4v) is 7.84. The molecular formula is C46H84NO11P. The average Bonchev–Trinajstić information content (AvgIpc) is 3.44. The first kappa shape index (κ1) is 55.1. The molecule has 1 aliphatic carbocycles. The van der Waals surface area contributed by atoms with E-state index in [4.69, 9.17) is 18.5 Å². The summed E-state index contributed by atoms with van der Waals surface area (Å²) in [6.07, 6.45) is 28.5. The van der Waals surface area contributed by atoms with Crippen molar-refractivity contribution in [3.8, 4) is 0 Å². The maximum Gasteiger partial charge on any atom is 0.306 e. The first-order chi connectivity index (χ1) is 28.2. The summed E-state index contributed by atoms with van der Waals surface area (Å²) in [7, 11) is 1.01. The van der Waals surface area contributed by atoms with Gasteiger partial charge in [-0.3, -0.25) is 18.9 Å². The Hall–Kier alpha value is -1.92. The highest BCUT2D eigenvalue weighted by molar-refractivity contribution is 7.45. The topological polar surface area (TPSA) is 169 Å². The van der Waals surface area contributed by atoms with E-state index in [1.165, 1.54) is 70.6 Å². The molecule has 6 atom stereocenters. The number of allylic oxidation sites excluding steroid dienone is 3. The smallest absolute Gasteiger partial charge is 0.306 e. The number of likely N-dealkylation sites (N-methyl/N-ethyl adjacent to an activating group) is 1. The van der Waals surface area contributed by atoms with Crippen molar-refractivity contribution in [1.29, 1.82) is 0 Å². The van der Waals surface area contributed by atoms with E-state index < -0.39 is 50.6 Å². The van der Waals surface area contributed by atoms with Crippen molar-refractivity contribution in [1.82, 2.24) is 0 Å². The number of rotatable bonds is 38. The largest absolute Gasteiger partial charge is 0.756 e. The summed E-state index contributed by atoms with van der Waals surface area (Å²) in [5, 5.41) is 20.8. The summed E-state index contributed by atoms with van der Waals surface area (Å²) in [4.78, 5) is 50.3. The summed E-state index contributed by atoms with van der Waals surface area (Å²) in [5.41, 5.74) is 0. The predicted molar refractivity (Wildman–Crippen MR) is 232 cm³/mol. The molecule has 0 aromatic rings. The molecule has 0 radical (unpaired) electrons. The number of esters is 2.